The van der Waals surface area contributed by atoms with Crippen LogP contribution in [0.2, 0.25) is 0 Å². The molecule has 5 heteroatoms. The van der Waals surface area contributed by atoms with E-state index in [1.165, 1.54) is 7.11 Å². The van der Waals surface area contributed by atoms with Crippen molar-refractivity contribution in [1.29, 1.82) is 0 Å². The molecule has 0 aromatic heterocycles. The number of alkyl halides is 1. The Morgan fingerprint density at radius 3 is 2.63 bits per heavy atom. The summed E-state index contributed by atoms with van der Waals surface area (Å²) < 4.78 is 4.65. The monoisotopic (exact) mass is 436 g/mol. The van der Waals surface area contributed by atoms with Crippen molar-refractivity contribution in [1.82, 2.24) is 0 Å². The van der Waals surface area contributed by atoms with Crippen molar-refractivity contribution in [2.45, 2.75) is 88.2 Å². The number of esters is 1. The second kappa shape index (κ2) is 13.1. The summed E-state index contributed by atoms with van der Waals surface area (Å²) in [6.07, 6.45) is 10.8. The highest BCUT2D eigenvalue weighted by atomic mass is 35.5. The molecule has 1 aliphatic carbocycles. The lowest BCUT2D eigenvalue weighted by atomic mass is 9.84. The van der Waals surface area contributed by atoms with Crippen molar-refractivity contribution in [3.63, 3.8) is 0 Å². The summed E-state index contributed by atoms with van der Waals surface area (Å²) in [5, 5.41) is 20.9. The van der Waals surface area contributed by atoms with Gasteiger partial charge in [0.2, 0.25) is 0 Å². The van der Waals surface area contributed by atoms with Crippen LogP contribution in [0.3, 0.4) is 0 Å². The Kier molecular flexibility index (Phi) is 10.9. The molecule has 2 unspecified atom stereocenters. The molecular weight excluding hydrogens is 400 g/mol. The molecule has 4 nitrogen and oxygen atoms in total. The first kappa shape index (κ1) is 24.9. The lowest BCUT2D eigenvalue weighted by molar-refractivity contribution is -0.140. The van der Waals surface area contributed by atoms with Crippen molar-refractivity contribution < 1.29 is 19.7 Å². The standard InChI is InChI=1S/C25H37ClO4/c1-3-4-7-11-22(27)18-13-15-19(16-14-18)25-20(21(26)17-23(25)28)10-8-5-6-9-12-24(29)30-2/h5,8,13-16,20-23,25,27-28H,3-4,6-7,9-12,17H2,1-2H3/b8-5-/t20-,21-,22?,23+,25?/m0/s1. The van der Waals surface area contributed by atoms with E-state index in [4.69, 9.17) is 11.6 Å². The second-order valence-electron chi connectivity index (χ2n) is 8.36. The average molecular weight is 437 g/mol. The first-order valence-corrected chi connectivity index (χ1v) is 11.7. The van der Waals surface area contributed by atoms with Gasteiger partial charge in [0.1, 0.15) is 0 Å². The molecule has 0 bridgehead atoms. The number of allylic oxidation sites excluding steroid dienone is 2. The fourth-order valence-corrected chi connectivity index (χ4v) is 4.80. The fraction of sp³-hybridized carbons (Fsp3) is 0.640. The van der Waals surface area contributed by atoms with Gasteiger partial charge in [0.25, 0.3) is 0 Å². The molecule has 0 spiro atoms. The molecule has 0 saturated heterocycles. The van der Waals surface area contributed by atoms with E-state index >= 15 is 0 Å². The SMILES string of the molecule is CCCCCC(O)c1ccc(C2[C@H](O)C[C@H](Cl)[C@@H]2C/C=C\CCCC(=O)OC)cc1. The number of methoxy groups -OCH3 is 1. The lowest BCUT2D eigenvalue weighted by Gasteiger charge is -2.23. The smallest absolute Gasteiger partial charge is 0.305 e. The van der Waals surface area contributed by atoms with Gasteiger partial charge < -0.3 is 14.9 Å². The maximum atomic E-state index is 11.2. The highest BCUT2D eigenvalue weighted by molar-refractivity contribution is 6.21. The number of hydrogen-bond acceptors (Lipinski definition) is 4. The average Bonchev–Trinajstić information content (AvgIpc) is 3.03. The van der Waals surface area contributed by atoms with Crippen LogP contribution in [-0.2, 0) is 9.53 Å². The van der Waals surface area contributed by atoms with E-state index in [1.54, 1.807) is 0 Å². The molecule has 0 radical (unpaired) electrons. The Labute approximate surface area is 186 Å². The highest BCUT2D eigenvalue weighted by Gasteiger charge is 2.41. The molecule has 2 rings (SSSR count). The zero-order chi connectivity index (χ0) is 21.9. The number of carbonyl (C=O) groups excluding carboxylic acids is 1. The first-order chi connectivity index (χ1) is 14.5. The van der Waals surface area contributed by atoms with Gasteiger partial charge in [0, 0.05) is 17.7 Å². The third kappa shape index (κ3) is 7.40. The van der Waals surface area contributed by atoms with Crippen LogP contribution in [0.25, 0.3) is 0 Å². The number of benzene rings is 1. The minimum absolute atomic E-state index is 0.00139. The van der Waals surface area contributed by atoms with E-state index < -0.39 is 12.2 Å². The van der Waals surface area contributed by atoms with Crippen LogP contribution < -0.4 is 0 Å². The van der Waals surface area contributed by atoms with Gasteiger partial charge in [-0.05, 0) is 49.1 Å². The van der Waals surface area contributed by atoms with E-state index in [-0.39, 0.29) is 23.2 Å². The van der Waals surface area contributed by atoms with Crippen LogP contribution in [0, 0.1) is 5.92 Å². The van der Waals surface area contributed by atoms with Crippen LogP contribution in [-0.4, -0.2) is 34.8 Å². The van der Waals surface area contributed by atoms with Gasteiger partial charge in [-0.15, -0.1) is 11.6 Å². The molecule has 0 heterocycles. The zero-order valence-electron chi connectivity index (χ0n) is 18.3. The topological polar surface area (TPSA) is 66.8 Å². The molecule has 1 saturated carbocycles. The second-order valence-corrected chi connectivity index (χ2v) is 8.92. The van der Waals surface area contributed by atoms with Gasteiger partial charge in [0.15, 0.2) is 0 Å². The molecule has 168 valence electrons. The fourth-order valence-electron chi connectivity index (χ4n) is 4.36. The summed E-state index contributed by atoms with van der Waals surface area (Å²) in [5.74, 6) is -0.0144. The summed E-state index contributed by atoms with van der Waals surface area (Å²) >= 11 is 6.58. The largest absolute Gasteiger partial charge is 0.469 e. The van der Waals surface area contributed by atoms with Crippen LogP contribution in [0.5, 0.6) is 0 Å². The number of ether oxygens (including phenoxy) is 1. The normalized spacial score (nSPS) is 25.0. The van der Waals surface area contributed by atoms with E-state index in [2.05, 4.69) is 23.8 Å². The molecule has 1 aromatic rings. The van der Waals surface area contributed by atoms with Crippen LogP contribution in [0.4, 0.5) is 0 Å². The number of aliphatic hydroxyl groups is 2. The van der Waals surface area contributed by atoms with E-state index in [1.807, 2.05) is 24.3 Å². The summed E-state index contributed by atoms with van der Waals surface area (Å²) in [6.45, 7) is 2.16. The minimum atomic E-state index is -0.453. The van der Waals surface area contributed by atoms with Crippen molar-refractivity contribution in [3.05, 3.63) is 47.5 Å². The Morgan fingerprint density at radius 2 is 1.97 bits per heavy atom. The predicted molar refractivity (Wildman–Crippen MR) is 122 cm³/mol. The molecule has 0 amide bonds. The van der Waals surface area contributed by atoms with Crippen molar-refractivity contribution in [2.24, 2.45) is 5.92 Å². The van der Waals surface area contributed by atoms with Gasteiger partial charge in [-0.2, -0.15) is 0 Å². The lowest BCUT2D eigenvalue weighted by Crippen LogP contribution is -2.18. The summed E-state index contributed by atoms with van der Waals surface area (Å²) in [6, 6.07) is 8.04. The molecule has 2 N–H and O–H groups in total. The molecule has 1 fully saturated rings. The number of rotatable bonds is 12. The zero-order valence-corrected chi connectivity index (χ0v) is 19.1. The number of halogens is 1. The summed E-state index contributed by atoms with van der Waals surface area (Å²) in [7, 11) is 1.41. The predicted octanol–water partition coefficient (Wildman–Crippen LogP) is 5.66. The Morgan fingerprint density at radius 1 is 1.23 bits per heavy atom. The molecule has 1 aliphatic rings. The maximum Gasteiger partial charge on any atom is 0.305 e. The Hall–Kier alpha value is -1.36. The van der Waals surface area contributed by atoms with Crippen LogP contribution >= 0.6 is 11.6 Å². The van der Waals surface area contributed by atoms with Crippen LogP contribution in [0.1, 0.15) is 87.9 Å². The van der Waals surface area contributed by atoms with E-state index in [0.29, 0.717) is 12.8 Å². The van der Waals surface area contributed by atoms with E-state index in [0.717, 1.165) is 56.1 Å². The van der Waals surface area contributed by atoms with Gasteiger partial charge in [-0.25, -0.2) is 0 Å². The van der Waals surface area contributed by atoms with Crippen molar-refractivity contribution >= 4 is 17.6 Å². The minimum Gasteiger partial charge on any atom is -0.469 e. The Bertz CT molecular complexity index is 658. The van der Waals surface area contributed by atoms with Crippen LogP contribution in [0.15, 0.2) is 36.4 Å². The number of unbranched alkanes of at least 4 members (excludes halogenated alkanes) is 3. The number of hydrogen-bond donors (Lipinski definition) is 2. The number of aliphatic hydroxyl groups excluding tert-OH is 2. The molecular formula is C25H37ClO4. The number of carbonyl (C=O) groups is 1. The van der Waals surface area contributed by atoms with Gasteiger partial charge in [-0.3, -0.25) is 4.79 Å². The maximum absolute atomic E-state index is 11.2. The molecule has 1 aromatic carbocycles. The van der Waals surface area contributed by atoms with Gasteiger partial charge >= 0.3 is 5.97 Å². The van der Waals surface area contributed by atoms with E-state index in [9.17, 15) is 15.0 Å². The molecule has 5 atom stereocenters. The third-order valence-electron chi connectivity index (χ3n) is 6.15. The van der Waals surface area contributed by atoms with Crippen molar-refractivity contribution in [2.75, 3.05) is 7.11 Å². The molecule has 30 heavy (non-hydrogen) atoms. The Balaban J connectivity index is 1.94. The van der Waals surface area contributed by atoms with Crippen molar-refractivity contribution in [3.8, 4) is 0 Å². The van der Waals surface area contributed by atoms with Gasteiger partial charge in [-0.1, -0.05) is 62.6 Å². The summed E-state index contributed by atoms with van der Waals surface area (Å²) in [4.78, 5) is 11.2. The van der Waals surface area contributed by atoms with Gasteiger partial charge in [0.05, 0.1) is 19.3 Å². The summed E-state index contributed by atoms with van der Waals surface area (Å²) in [5.41, 5.74) is 2.02. The molecule has 0 aliphatic heterocycles. The quantitative estimate of drug-likeness (QED) is 0.192. The highest BCUT2D eigenvalue weighted by Crippen LogP contribution is 2.45. The third-order valence-corrected chi connectivity index (χ3v) is 6.65. The first-order valence-electron chi connectivity index (χ1n) is 11.3.